The van der Waals surface area contributed by atoms with Gasteiger partial charge in [-0.25, -0.2) is 0 Å². The fourth-order valence-corrected chi connectivity index (χ4v) is 2.97. The van der Waals surface area contributed by atoms with Crippen molar-refractivity contribution in [3.05, 3.63) is 63.2 Å². The van der Waals surface area contributed by atoms with E-state index in [4.69, 9.17) is 17.3 Å². The molecule has 2 aromatic rings. The van der Waals surface area contributed by atoms with Crippen LogP contribution < -0.4 is 5.73 Å². The minimum atomic E-state index is -1.32. The molecular formula is C13H11ClN2O3S. The molecule has 7 heteroatoms. The third-order valence-electron chi connectivity index (χ3n) is 2.70. The second-order valence-electron chi connectivity index (χ2n) is 4.08. The van der Waals surface area contributed by atoms with Crippen LogP contribution in [0.15, 0.2) is 47.4 Å². The van der Waals surface area contributed by atoms with Crippen LogP contribution in [0.1, 0.15) is 5.56 Å². The lowest BCUT2D eigenvalue weighted by molar-refractivity contribution is -0.384. The van der Waals surface area contributed by atoms with Crippen molar-refractivity contribution in [3.63, 3.8) is 0 Å². The summed E-state index contributed by atoms with van der Waals surface area (Å²) in [6.45, 7) is 0. The molecule has 0 amide bonds. The van der Waals surface area contributed by atoms with E-state index >= 15 is 0 Å². The first-order valence-electron chi connectivity index (χ1n) is 5.64. The van der Waals surface area contributed by atoms with Crippen molar-refractivity contribution in [3.8, 4) is 0 Å². The molecule has 1 unspecified atom stereocenters. The smallest absolute Gasteiger partial charge is 0.269 e. The van der Waals surface area contributed by atoms with Gasteiger partial charge in [-0.1, -0.05) is 17.7 Å². The van der Waals surface area contributed by atoms with Crippen LogP contribution in [-0.2, 0) is 16.6 Å². The van der Waals surface area contributed by atoms with Gasteiger partial charge in [-0.15, -0.1) is 0 Å². The molecule has 5 nitrogen and oxygen atoms in total. The quantitative estimate of drug-likeness (QED) is 0.534. The largest absolute Gasteiger partial charge is 0.398 e. The fraction of sp³-hybridized carbons (Fsp3) is 0.0769. The molecule has 0 heterocycles. The van der Waals surface area contributed by atoms with Crippen LogP contribution in [-0.4, -0.2) is 9.13 Å². The Morgan fingerprint density at radius 3 is 2.40 bits per heavy atom. The monoisotopic (exact) mass is 310 g/mol. The van der Waals surface area contributed by atoms with Crippen LogP contribution in [0.4, 0.5) is 11.4 Å². The molecule has 0 aliphatic carbocycles. The lowest BCUT2D eigenvalue weighted by Crippen LogP contribution is -2.00. The van der Waals surface area contributed by atoms with Crippen molar-refractivity contribution in [2.45, 2.75) is 10.6 Å². The molecule has 0 fully saturated rings. The Kier molecular flexibility index (Phi) is 4.36. The summed E-state index contributed by atoms with van der Waals surface area (Å²) in [5, 5.41) is 11.1. The second kappa shape index (κ2) is 6.02. The number of nitrogens with zero attached hydrogens (tertiary/aromatic N) is 1. The highest BCUT2D eigenvalue weighted by Gasteiger charge is 2.10. The van der Waals surface area contributed by atoms with Crippen molar-refractivity contribution in [2.75, 3.05) is 5.73 Å². The molecule has 0 aromatic heterocycles. The van der Waals surface area contributed by atoms with Crippen LogP contribution in [0.2, 0.25) is 5.02 Å². The van der Waals surface area contributed by atoms with Crippen molar-refractivity contribution in [2.24, 2.45) is 0 Å². The second-order valence-corrected chi connectivity index (χ2v) is 5.97. The number of benzene rings is 2. The summed E-state index contributed by atoms with van der Waals surface area (Å²) in [7, 11) is -1.32. The Morgan fingerprint density at radius 2 is 1.85 bits per heavy atom. The molecule has 0 saturated heterocycles. The van der Waals surface area contributed by atoms with Gasteiger partial charge < -0.3 is 5.73 Å². The van der Waals surface area contributed by atoms with E-state index in [1.165, 1.54) is 24.3 Å². The zero-order valence-electron chi connectivity index (χ0n) is 10.3. The minimum absolute atomic E-state index is 0.0308. The van der Waals surface area contributed by atoms with Crippen LogP contribution >= 0.6 is 11.6 Å². The highest BCUT2D eigenvalue weighted by Crippen LogP contribution is 2.22. The molecule has 2 N–H and O–H groups in total. The normalized spacial score (nSPS) is 12.1. The number of anilines is 1. The number of halogens is 1. The first-order chi connectivity index (χ1) is 9.47. The predicted molar refractivity (Wildman–Crippen MR) is 79.1 cm³/mol. The van der Waals surface area contributed by atoms with E-state index in [1.54, 1.807) is 18.2 Å². The highest BCUT2D eigenvalue weighted by molar-refractivity contribution is 7.84. The van der Waals surface area contributed by atoms with Crippen LogP contribution in [0.5, 0.6) is 0 Å². The Labute approximate surface area is 123 Å². The van der Waals surface area contributed by atoms with Gasteiger partial charge >= 0.3 is 0 Å². The Hall–Kier alpha value is -1.92. The van der Waals surface area contributed by atoms with Gasteiger partial charge in [0.05, 0.1) is 21.5 Å². The van der Waals surface area contributed by atoms with E-state index in [0.29, 0.717) is 15.6 Å². The number of hydrogen-bond donors (Lipinski definition) is 1. The van der Waals surface area contributed by atoms with Crippen LogP contribution in [0, 0.1) is 10.1 Å². The molecule has 2 rings (SSSR count). The molecule has 1 atom stereocenters. The first-order valence-corrected chi connectivity index (χ1v) is 7.34. The number of hydrogen-bond acceptors (Lipinski definition) is 4. The molecular weight excluding hydrogens is 300 g/mol. The molecule has 104 valence electrons. The van der Waals surface area contributed by atoms with E-state index < -0.39 is 15.7 Å². The summed E-state index contributed by atoms with van der Waals surface area (Å²) >= 11 is 5.80. The standard InChI is InChI=1S/C13H11ClN2O3S/c14-10-2-1-9(13(15)7-10)8-20(19)12-5-3-11(4-6-12)16(17)18/h1-7H,8,15H2. The summed E-state index contributed by atoms with van der Waals surface area (Å²) in [5.41, 5.74) is 6.98. The van der Waals surface area contributed by atoms with Crippen molar-refractivity contribution < 1.29 is 9.13 Å². The molecule has 2 aromatic carbocycles. The van der Waals surface area contributed by atoms with E-state index in [-0.39, 0.29) is 11.4 Å². The Bertz CT molecular complexity index is 674. The average molecular weight is 311 g/mol. The van der Waals surface area contributed by atoms with E-state index in [2.05, 4.69) is 0 Å². The number of nitrogens with two attached hydrogens (primary N) is 1. The summed E-state index contributed by atoms with van der Waals surface area (Å²) < 4.78 is 12.2. The number of nitro groups is 1. The zero-order chi connectivity index (χ0) is 14.7. The number of nitro benzene ring substituents is 1. The van der Waals surface area contributed by atoms with Crippen molar-refractivity contribution in [1.82, 2.24) is 0 Å². The number of nitrogen functional groups attached to an aromatic ring is 1. The van der Waals surface area contributed by atoms with Crippen molar-refractivity contribution in [1.29, 1.82) is 0 Å². The zero-order valence-corrected chi connectivity index (χ0v) is 11.9. The molecule has 0 radical (unpaired) electrons. The van der Waals surface area contributed by atoms with E-state index in [1.807, 2.05) is 0 Å². The summed E-state index contributed by atoms with van der Waals surface area (Å²) in [6, 6.07) is 10.6. The predicted octanol–water partition coefficient (Wildman–Crippen LogP) is 3.14. The lowest BCUT2D eigenvalue weighted by atomic mass is 10.2. The summed E-state index contributed by atoms with van der Waals surface area (Å²) in [5.74, 6) is 0.237. The van der Waals surface area contributed by atoms with Gasteiger partial charge in [0.1, 0.15) is 0 Å². The van der Waals surface area contributed by atoms with Crippen molar-refractivity contribution >= 4 is 33.8 Å². The summed E-state index contributed by atoms with van der Waals surface area (Å²) in [4.78, 5) is 10.6. The van der Waals surface area contributed by atoms with Crippen LogP contribution in [0.25, 0.3) is 0 Å². The SMILES string of the molecule is Nc1cc(Cl)ccc1CS(=O)c1ccc([N+](=O)[O-])cc1. The van der Waals surface area contributed by atoms with Gasteiger partial charge in [0.2, 0.25) is 0 Å². The highest BCUT2D eigenvalue weighted by atomic mass is 35.5. The molecule has 0 saturated carbocycles. The molecule has 0 bridgehead atoms. The fourth-order valence-electron chi connectivity index (χ4n) is 1.64. The topological polar surface area (TPSA) is 86.2 Å². The first kappa shape index (κ1) is 14.5. The van der Waals surface area contributed by atoms with Gasteiger partial charge in [0, 0.05) is 27.7 Å². The summed E-state index contributed by atoms with van der Waals surface area (Å²) in [6.07, 6.45) is 0. The molecule has 0 aliphatic heterocycles. The Balaban J connectivity index is 2.17. The Morgan fingerprint density at radius 1 is 1.20 bits per heavy atom. The van der Waals surface area contributed by atoms with E-state index in [0.717, 1.165) is 5.56 Å². The van der Waals surface area contributed by atoms with E-state index in [9.17, 15) is 14.3 Å². The molecule has 0 spiro atoms. The maximum atomic E-state index is 12.2. The number of non-ortho nitro benzene ring substituents is 1. The van der Waals surface area contributed by atoms with Gasteiger partial charge in [-0.05, 0) is 29.8 Å². The number of rotatable bonds is 4. The minimum Gasteiger partial charge on any atom is -0.398 e. The third kappa shape index (κ3) is 3.34. The lowest BCUT2D eigenvalue weighted by Gasteiger charge is -2.06. The van der Waals surface area contributed by atoms with Gasteiger partial charge in [-0.2, -0.15) is 0 Å². The third-order valence-corrected chi connectivity index (χ3v) is 4.31. The van der Waals surface area contributed by atoms with Crippen LogP contribution in [0.3, 0.4) is 0 Å². The molecule has 0 aliphatic rings. The average Bonchev–Trinajstić information content (AvgIpc) is 2.42. The van der Waals surface area contributed by atoms with Gasteiger partial charge in [0.25, 0.3) is 5.69 Å². The molecule has 20 heavy (non-hydrogen) atoms. The van der Waals surface area contributed by atoms with Gasteiger partial charge in [0.15, 0.2) is 0 Å². The maximum absolute atomic E-state index is 12.2. The maximum Gasteiger partial charge on any atom is 0.269 e. The van der Waals surface area contributed by atoms with Gasteiger partial charge in [-0.3, -0.25) is 14.3 Å².